The predicted octanol–water partition coefficient (Wildman–Crippen LogP) is 2.74. The maximum Gasteiger partial charge on any atom is 0.335 e. The average molecular weight is 215 g/mol. The van der Waals surface area contributed by atoms with E-state index in [1.807, 2.05) is 6.92 Å². The van der Waals surface area contributed by atoms with Crippen molar-refractivity contribution in [2.75, 3.05) is 0 Å². The molecule has 0 aliphatic carbocycles. The molecule has 1 N–H and O–H groups in total. The fraction of sp³-hybridized carbons (Fsp3) is 0.300. The first-order valence-electron chi connectivity index (χ1n) is 4.27. The van der Waals surface area contributed by atoms with Crippen LogP contribution in [0.3, 0.4) is 0 Å². The molecule has 0 fully saturated rings. The van der Waals surface area contributed by atoms with Gasteiger partial charge in [-0.25, -0.2) is 4.79 Å². The molecule has 0 aliphatic heterocycles. The third-order valence-corrected chi connectivity index (χ3v) is 2.08. The van der Waals surface area contributed by atoms with E-state index in [0.29, 0.717) is 12.2 Å². The molecule has 14 heavy (non-hydrogen) atoms. The molecule has 1 rings (SSSR count). The van der Waals surface area contributed by atoms with Gasteiger partial charge in [0.2, 0.25) is 0 Å². The second kappa shape index (κ2) is 4.86. The van der Waals surface area contributed by atoms with Gasteiger partial charge in [-0.3, -0.25) is 0 Å². The average Bonchev–Trinajstić information content (AvgIpc) is 2.18. The van der Waals surface area contributed by atoms with E-state index in [4.69, 9.17) is 21.4 Å². The van der Waals surface area contributed by atoms with Crippen LogP contribution in [0.1, 0.15) is 23.7 Å². The Morgan fingerprint density at radius 1 is 1.50 bits per heavy atom. The largest absolute Gasteiger partial charge is 0.478 e. The normalized spacial score (nSPS) is 12.1. The van der Waals surface area contributed by atoms with Gasteiger partial charge in [0.15, 0.2) is 5.56 Å². The van der Waals surface area contributed by atoms with Gasteiger partial charge in [-0.2, -0.15) is 0 Å². The molecule has 3 nitrogen and oxygen atoms in total. The summed E-state index contributed by atoms with van der Waals surface area (Å²) in [5, 5.41) is 8.64. The summed E-state index contributed by atoms with van der Waals surface area (Å²) in [6.45, 7) is 1.91. The Bertz CT molecular complexity index is 308. The van der Waals surface area contributed by atoms with Gasteiger partial charge in [0.1, 0.15) is 5.75 Å². The molecule has 0 radical (unpaired) electrons. The minimum atomic E-state index is -0.950. The summed E-state index contributed by atoms with van der Waals surface area (Å²) in [4.78, 5) is 10.5. The minimum absolute atomic E-state index is 0.236. The number of carboxylic acid groups (broad SMARTS) is 1. The molecule has 1 atom stereocenters. The fourth-order valence-corrected chi connectivity index (χ4v) is 1.01. The molecule has 0 saturated heterocycles. The highest BCUT2D eigenvalue weighted by atomic mass is 35.5. The van der Waals surface area contributed by atoms with Crippen molar-refractivity contribution in [3.8, 4) is 5.75 Å². The summed E-state index contributed by atoms with van der Waals surface area (Å²) >= 11 is 5.76. The van der Waals surface area contributed by atoms with Crippen LogP contribution in [0.4, 0.5) is 0 Å². The zero-order valence-electron chi connectivity index (χ0n) is 7.74. The number of hydrogen-bond acceptors (Lipinski definition) is 2. The van der Waals surface area contributed by atoms with Crippen LogP contribution in [0.5, 0.6) is 5.75 Å². The quantitative estimate of drug-likeness (QED) is 0.784. The third kappa shape index (κ3) is 2.92. The lowest BCUT2D eigenvalue weighted by molar-refractivity contribution is 0.0697. The van der Waals surface area contributed by atoms with Crippen LogP contribution in [0.15, 0.2) is 24.3 Å². The van der Waals surface area contributed by atoms with Crippen molar-refractivity contribution in [2.24, 2.45) is 0 Å². The van der Waals surface area contributed by atoms with Crippen LogP contribution < -0.4 is 4.74 Å². The van der Waals surface area contributed by atoms with Crippen LogP contribution in [0.2, 0.25) is 0 Å². The number of halogens is 1. The second-order valence-electron chi connectivity index (χ2n) is 2.77. The lowest BCUT2D eigenvalue weighted by atomic mass is 10.2. The summed E-state index contributed by atoms with van der Waals surface area (Å²) in [6.07, 6.45) is 0.697. The van der Waals surface area contributed by atoms with E-state index in [1.165, 1.54) is 12.1 Å². The van der Waals surface area contributed by atoms with Crippen LogP contribution in [-0.2, 0) is 0 Å². The molecule has 0 amide bonds. The Labute approximate surface area is 87.3 Å². The van der Waals surface area contributed by atoms with Crippen molar-refractivity contribution < 1.29 is 14.6 Å². The highest BCUT2D eigenvalue weighted by molar-refractivity contribution is 6.19. The van der Waals surface area contributed by atoms with Gasteiger partial charge in [-0.1, -0.05) is 18.5 Å². The van der Waals surface area contributed by atoms with Crippen molar-refractivity contribution in [1.82, 2.24) is 0 Å². The molecule has 0 heterocycles. The fourth-order valence-electron chi connectivity index (χ4n) is 0.907. The van der Waals surface area contributed by atoms with Gasteiger partial charge in [0, 0.05) is 0 Å². The van der Waals surface area contributed by atoms with Crippen molar-refractivity contribution in [3.05, 3.63) is 29.8 Å². The molecule has 4 heteroatoms. The van der Waals surface area contributed by atoms with E-state index < -0.39 is 5.97 Å². The Balaban J connectivity index is 2.68. The van der Waals surface area contributed by atoms with Crippen LogP contribution in [0, 0.1) is 0 Å². The van der Waals surface area contributed by atoms with Gasteiger partial charge in [0.25, 0.3) is 0 Å². The predicted molar refractivity (Wildman–Crippen MR) is 54.0 cm³/mol. The van der Waals surface area contributed by atoms with E-state index in [0.717, 1.165) is 0 Å². The SMILES string of the molecule is CCC(Cl)Oc1ccc(C(=O)O)cc1. The molecular formula is C10H11ClO3. The number of alkyl halides is 1. The number of aromatic carboxylic acids is 1. The summed E-state index contributed by atoms with van der Waals surface area (Å²) in [5.41, 5.74) is -0.134. The third-order valence-electron chi connectivity index (χ3n) is 1.69. The molecule has 76 valence electrons. The Kier molecular flexibility index (Phi) is 3.77. The lowest BCUT2D eigenvalue weighted by Gasteiger charge is -2.10. The topological polar surface area (TPSA) is 46.5 Å². The standard InChI is InChI=1S/C10H11ClO3/c1-2-9(11)14-8-5-3-7(4-6-8)10(12)13/h3-6,9H,2H2,1H3,(H,12,13). The van der Waals surface area contributed by atoms with E-state index in [-0.39, 0.29) is 11.1 Å². The Hall–Kier alpha value is -1.22. The highest BCUT2D eigenvalue weighted by Crippen LogP contribution is 2.16. The van der Waals surface area contributed by atoms with Crippen molar-refractivity contribution in [3.63, 3.8) is 0 Å². The number of carboxylic acids is 1. The highest BCUT2D eigenvalue weighted by Gasteiger charge is 2.05. The molecule has 0 bridgehead atoms. The Morgan fingerprint density at radius 3 is 2.50 bits per heavy atom. The van der Waals surface area contributed by atoms with E-state index in [9.17, 15) is 4.79 Å². The van der Waals surface area contributed by atoms with Crippen LogP contribution in [-0.4, -0.2) is 16.6 Å². The minimum Gasteiger partial charge on any atom is -0.478 e. The molecule has 0 aliphatic rings. The molecular weight excluding hydrogens is 204 g/mol. The molecule has 1 aromatic carbocycles. The summed E-state index contributed by atoms with van der Waals surface area (Å²) in [7, 11) is 0. The smallest absolute Gasteiger partial charge is 0.335 e. The molecule has 1 aromatic rings. The molecule has 0 spiro atoms. The zero-order valence-corrected chi connectivity index (χ0v) is 8.49. The lowest BCUT2D eigenvalue weighted by Crippen LogP contribution is -2.06. The van der Waals surface area contributed by atoms with Gasteiger partial charge >= 0.3 is 5.97 Å². The number of ether oxygens (including phenoxy) is 1. The van der Waals surface area contributed by atoms with Crippen LogP contribution in [0.25, 0.3) is 0 Å². The van der Waals surface area contributed by atoms with Gasteiger partial charge in [0.05, 0.1) is 5.56 Å². The first kappa shape index (κ1) is 10.9. The summed E-state index contributed by atoms with van der Waals surface area (Å²) in [6, 6.07) is 6.15. The number of benzene rings is 1. The summed E-state index contributed by atoms with van der Waals surface area (Å²) in [5.74, 6) is -0.369. The van der Waals surface area contributed by atoms with Gasteiger partial charge < -0.3 is 9.84 Å². The van der Waals surface area contributed by atoms with E-state index in [2.05, 4.69) is 0 Å². The first-order chi connectivity index (χ1) is 6.63. The maximum atomic E-state index is 10.5. The zero-order chi connectivity index (χ0) is 10.6. The molecule has 0 aromatic heterocycles. The first-order valence-corrected chi connectivity index (χ1v) is 4.71. The van der Waals surface area contributed by atoms with E-state index in [1.54, 1.807) is 12.1 Å². The molecule has 1 unspecified atom stereocenters. The van der Waals surface area contributed by atoms with Crippen molar-refractivity contribution in [2.45, 2.75) is 18.9 Å². The molecule has 0 saturated carbocycles. The Morgan fingerprint density at radius 2 is 2.07 bits per heavy atom. The number of rotatable bonds is 4. The summed E-state index contributed by atoms with van der Waals surface area (Å²) < 4.78 is 5.27. The maximum absolute atomic E-state index is 10.5. The van der Waals surface area contributed by atoms with Crippen LogP contribution >= 0.6 is 11.6 Å². The van der Waals surface area contributed by atoms with Crippen molar-refractivity contribution in [1.29, 1.82) is 0 Å². The second-order valence-corrected chi connectivity index (χ2v) is 3.25. The van der Waals surface area contributed by atoms with Gasteiger partial charge in [-0.15, -0.1) is 0 Å². The van der Waals surface area contributed by atoms with E-state index >= 15 is 0 Å². The number of carbonyl (C=O) groups is 1. The number of hydrogen-bond donors (Lipinski definition) is 1. The monoisotopic (exact) mass is 214 g/mol. The van der Waals surface area contributed by atoms with Gasteiger partial charge in [-0.05, 0) is 30.7 Å². The van der Waals surface area contributed by atoms with Crippen molar-refractivity contribution >= 4 is 17.6 Å².